The van der Waals surface area contributed by atoms with Crippen molar-refractivity contribution < 1.29 is 9.53 Å². The summed E-state index contributed by atoms with van der Waals surface area (Å²) in [6.45, 7) is 1.04. The number of Topliss-reactive ketones (excluding diaryl/α,β-unsaturated/α-hetero) is 1. The van der Waals surface area contributed by atoms with Gasteiger partial charge in [0.25, 0.3) is 5.56 Å². The lowest BCUT2D eigenvalue weighted by atomic mass is 10.1. The second kappa shape index (κ2) is 9.17. The van der Waals surface area contributed by atoms with Crippen LogP contribution < -0.4 is 5.56 Å². The number of aromatic nitrogens is 2. The molecule has 0 saturated carbocycles. The molecule has 7 heteroatoms. The van der Waals surface area contributed by atoms with Gasteiger partial charge in [-0.1, -0.05) is 35.5 Å². The Morgan fingerprint density at radius 3 is 2.67 bits per heavy atom. The molecule has 140 valence electrons. The van der Waals surface area contributed by atoms with Gasteiger partial charge in [0.15, 0.2) is 10.9 Å². The summed E-state index contributed by atoms with van der Waals surface area (Å²) < 4.78 is 6.72. The number of carbonyl (C=O) groups excluding carboxylic acids is 1. The molecule has 0 unspecified atom stereocenters. The molecule has 0 radical (unpaired) electrons. The zero-order valence-electron chi connectivity index (χ0n) is 14.9. The number of benzene rings is 2. The van der Waals surface area contributed by atoms with Crippen molar-refractivity contribution in [3.05, 3.63) is 69.5 Å². The molecule has 0 amide bonds. The summed E-state index contributed by atoms with van der Waals surface area (Å²) in [4.78, 5) is 29.9. The van der Waals surface area contributed by atoms with E-state index in [4.69, 9.17) is 16.3 Å². The molecule has 3 aromatic rings. The van der Waals surface area contributed by atoms with E-state index < -0.39 is 0 Å². The monoisotopic (exact) mass is 402 g/mol. The van der Waals surface area contributed by atoms with Gasteiger partial charge in [-0.15, -0.1) is 0 Å². The maximum atomic E-state index is 12.9. The summed E-state index contributed by atoms with van der Waals surface area (Å²) in [6.07, 6.45) is 0.690. The van der Waals surface area contributed by atoms with E-state index in [0.29, 0.717) is 46.2 Å². The molecular formula is C20H19ClN2O3S. The van der Waals surface area contributed by atoms with Crippen molar-refractivity contribution in [2.75, 3.05) is 19.5 Å². The standard InChI is InChI=1S/C20H19ClN2O3S/c1-26-12-4-11-23-19(25)16-5-2-3-6-17(16)22-20(23)27-13-18(24)14-7-9-15(21)10-8-14/h2-3,5-10H,4,11-13H2,1H3. The molecule has 0 atom stereocenters. The largest absolute Gasteiger partial charge is 0.385 e. The normalized spacial score (nSPS) is 11.0. The third-order valence-electron chi connectivity index (χ3n) is 4.06. The SMILES string of the molecule is COCCCn1c(SCC(=O)c2ccc(Cl)cc2)nc2ccccc2c1=O. The summed E-state index contributed by atoms with van der Waals surface area (Å²) in [5.41, 5.74) is 1.12. The third kappa shape index (κ3) is 4.77. The average molecular weight is 403 g/mol. The van der Waals surface area contributed by atoms with Crippen LogP contribution in [0.15, 0.2) is 58.5 Å². The number of methoxy groups -OCH3 is 1. The van der Waals surface area contributed by atoms with E-state index in [0.717, 1.165) is 0 Å². The van der Waals surface area contributed by atoms with Gasteiger partial charge in [-0.2, -0.15) is 0 Å². The quantitative estimate of drug-likeness (QED) is 0.246. The van der Waals surface area contributed by atoms with Crippen molar-refractivity contribution in [3.8, 4) is 0 Å². The number of ether oxygens (including phenoxy) is 1. The van der Waals surface area contributed by atoms with Gasteiger partial charge >= 0.3 is 0 Å². The van der Waals surface area contributed by atoms with Crippen LogP contribution in [-0.2, 0) is 11.3 Å². The highest BCUT2D eigenvalue weighted by atomic mass is 35.5. The van der Waals surface area contributed by atoms with E-state index in [9.17, 15) is 9.59 Å². The first-order valence-corrected chi connectivity index (χ1v) is 9.86. The summed E-state index contributed by atoms with van der Waals surface area (Å²) in [5.74, 6) is 0.152. The minimum absolute atomic E-state index is 0.0393. The highest BCUT2D eigenvalue weighted by Crippen LogP contribution is 2.20. The van der Waals surface area contributed by atoms with Gasteiger partial charge in [-0.25, -0.2) is 4.98 Å². The van der Waals surface area contributed by atoms with Gasteiger partial charge in [-0.3, -0.25) is 14.2 Å². The molecule has 3 rings (SSSR count). The highest BCUT2D eigenvalue weighted by Gasteiger charge is 2.14. The van der Waals surface area contributed by atoms with Crippen LogP contribution in [0, 0.1) is 0 Å². The number of thioether (sulfide) groups is 1. The number of nitrogens with zero attached hydrogens (tertiary/aromatic N) is 2. The number of hydrogen-bond acceptors (Lipinski definition) is 5. The first-order chi connectivity index (χ1) is 13.1. The van der Waals surface area contributed by atoms with E-state index in [1.54, 1.807) is 48.1 Å². The Balaban J connectivity index is 1.87. The molecule has 2 aromatic carbocycles. The van der Waals surface area contributed by atoms with E-state index in [-0.39, 0.29) is 17.1 Å². The van der Waals surface area contributed by atoms with E-state index in [1.807, 2.05) is 12.1 Å². The maximum absolute atomic E-state index is 12.9. The number of ketones is 1. The van der Waals surface area contributed by atoms with Crippen molar-refractivity contribution in [3.63, 3.8) is 0 Å². The third-order valence-corrected chi connectivity index (χ3v) is 5.28. The Bertz CT molecular complexity index is 1000. The molecule has 0 aliphatic heterocycles. The lowest BCUT2D eigenvalue weighted by Crippen LogP contribution is -2.24. The van der Waals surface area contributed by atoms with Gasteiger partial charge in [0.2, 0.25) is 0 Å². The lowest BCUT2D eigenvalue weighted by Gasteiger charge is -2.12. The molecule has 0 saturated heterocycles. The van der Waals surface area contributed by atoms with Gasteiger partial charge in [0.05, 0.1) is 16.7 Å². The Kier molecular flexibility index (Phi) is 6.66. The molecular weight excluding hydrogens is 384 g/mol. The first-order valence-electron chi connectivity index (χ1n) is 8.50. The average Bonchev–Trinajstić information content (AvgIpc) is 2.68. The summed E-state index contributed by atoms with van der Waals surface area (Å²) >= 11 is 7.14. The Morgan fingerprint density at radius 1 is 1.19 bits per heavy atom. The topological polar surface area (TPSA) is 61.2 Å². The Labute approximate surface area is 166 Å². The Morgan fingerprint density at radius 2 is 1.93 bits per heavy atom. The zero-order valence-corrected chi connectivity index (χ0v) is 16.4. The minimum atomic E-state index is -0.0989. The lowest BCUT2D eigenvalue weighted by molar-refractivity contribution is 0.102. The van der Waals surface area contributed by atoms with Crippen LogP contribution in [0.25, 0.3) is 10.9 Å². The highest BCUT2D eigenvalue weighted by molar-refractivity contribution is 7.99. The maximum Gasteiger partial charge on any atom is 0.262 e. The molecule has 0 spiro atoms. The van der Waals surface area contributed by atoms with Crippen molar-refractivity contribution in [2.45, 2.75) is 18.1 Å². The smallest absolute Gasteiger partial charge is 0.262 e. The molecule has 1 heterocycles. The molecule has 0 N–H and O–H groups in total. The van der Waals surface area contributed by atoms with Crippen LogP contribution in [0.5, 0.6) is 0 Å². The fraction of sp³-hybridized carbons (Fsp3) is 0.250. The van der Waals surface area contributed by atoms with Crippen LogP contribution in [0.1, 0.15) is 16.8 Å². The summed E-state index contributed by atoms with van der Waals surface area (Å²) in [5, 5.41) is 1.70. The van der Waals surface area contributed by atoms with Crippen LogP contribution in [0.4, 0.5) is 0 Å². The summed E-state index contributed by atoms with van der Waals surface area (Å²) in [7, 11) is 1.63. The van der Waals surface area contributed by atoms with Crippen molar-refractivity contribution in [2.24, 2.45) is 0 Å². The predicted octanol–water partition coefficient (Wildman–Crippen LogP) is 4.06. The first kappa shape index (κ1) is 19.6. The number of rotatable bonds is 8. The van der Waals surface area contributed by atoms with Gasteiger partial charge < -0.3 is 4.74 Å². The molecule has 27 heavy (non-hydrogen) atoms. The predicted molar refractivity (Wildman–Crippen MR) is 109 cm³/mol. The molecule has 5 nitrogen and oxygen atoms in total. The van der Waals surface area contributed by atoms with Gasteiger partial charge in [0, 0.05) is 30.8 Å². The molecule has 1 aromatic heterocycles. The van der Waals surface area contributed by atoms with Crippen molar-refractivity contribution in [1.82, 2.24) is 9.55 Å². The molecule has 0 bridgehead atoms. The van der Waals surface area contributed by atoms with Crippen molar-refractivity contribution in [1.29, 1.82) is 0 Å². The van der Waals surface area contributed by atoms with E-state index in [2.05, 4.69) is 4.98 Å². The fourth-order valence-corrected chi connectivity index (χ4v) is 3.72. The Hall–Kier alpha value is -2.15. The van der Waals surface area contributed by atoms with Crippen LogP contribution in [0.2, 0.25) is 5.02 Å². The summed E-state index contributed by atoms with van der Waals surface area (Å²) in [6, 6.07) is 14.0. The van der Waals surface area contributed by atoms with Crippen molar-refractivity contribution >= 4 is 40.0 Å². The fourth-order valence-electron chi connectivity index (χ4n) is 2.67. The number of para-hydroxylation sites is 1. The zero-order chi connectivity index (χ0) is 19.2. The van der Waals surface area contributed by atoms with E-state index in [1.165, 1.54) is 11.8 Å². The minimum Gasteiger partial charge on any atom is -0.385 e. The van der Waals surface area contributed by atoms with Crippen LogP contribution in [0.3, 0.4) is 0 Å². The molecule has 0 fully saturated rings. The van der Waals surface area contributed by atoms with Gasteiger partial charge in [0.1, 0.15) is 0 Å². The van der Waals surface area contributed by atoms with E-state index >= 15 is 0 Å². The number of fused-ring (bicyclic) bond motifs is 1. The number of carbonyl (C=O) groups is 1. The second-order valence-electron chi connectivity index (χ2n) is 5.93. The van der Waals surface area contributed by atoms with Gasteiger partial charge in [-0.05, 0) is 42.8 Å². The van der Waals surface area contributed by atoms with Crippen LogP contribution >= 0.6 is 23.4 Å². The second-order valence-corrected chi connectivity index (χ2v) is 7.31. The number of halogens is 1. The van der Waals surface area contributed by atoms with Crippen LogP contribution in [-0.4, -0.2) is 34.8 Å². The number of hydrogen-bond donors (Lipinski definition) is 0. The molecule has 0 aliphatic rings. The molecule has 0 aliphatic carbocycles.